The number of pyridine rings is 1. The van der Waals surface area contributed by atoms with Crippen LogP contribution in [0.1, 0.15) is 22.7 Å². The van der Waals surface area contributed by atoms with Crippen LogP contribution in [0.2, 0.25) is 10.0 Å². The summed E-state index contributed by atoms with van der Waals surface area (Å²) in [6.07, 6.45) is 1.70. The lowest BCUT2D eigenvalue weighted by Gasteiger charge is -2.21. The fraction of sp³-hybridized carbons (Fsp3) is 0.214. The summed E-state index contributed by atoms with van der Waals surface area (Å²) in [5, 5.41) is 4.31. The van der Waals surface area contributed by atoms with E-state index in [9.17, 15) is 0 Å². The van der Waals surface area contributed by atoms with Gasteiger partial charge in [-0.05, 0) is 43.3 Å². The highest BCUT2D eigenvalue weighted by molar-refractivity contribution is 6.42. The summed E-state index contributed by atoms with van der Waals surface area (Å²) in [6, 6.07) is 7.43. The Labute approximate surface area is 122 Å². The van der Waals surface area contributed by atoms with E-state index in [-0.39, 0.29) is 6.04 Å². The number of hydrogen-bond donors (Lipinski definition) is 2. The van der Waals surface area contributed by atoms with Crippen molar-refractivity contribution >= 4 is 29.0 Å². The number of nitrogens with zero attached hydrogens (tertiary/aromatic N) is 1. The van der Waals surface area contributed by atoms with E-state index >= 15 is 0 Å². The number of anilines is 1. The molecule has 3 N–H and O–H groups in total. The Hall–Kier alpha value is -1.29. The molecule has 0 aliphatic rings. The van der Waals surface area contributed by atoms with Gasteiger partial charge in [0.05, 0.1) is 16.1 Å². The molecule has 0 fully saturated rings. The maximum Gasteiger partial charge on any atom is 0.128 e. The molecule has 1 atom stereocenters. The van der Waals surface area contributed by atoms with Crippen LogP contribution >= 0.6 is 23.2 Å². The van der Waals surface area contributed by atoms with Crippen LogP contribution in [-0.4, -0.2) is 12.0 Å². The lowest BCUT2D eigenvalue weighted by molar-refractivity contribution is 0.687. The molecule has 1 aromatic carbocycles. The monoisotopic (exact) mass is 295 g/mol. The first kappa shape index (κ1) is 14.1. The molecule has 0 radical (unpaired) electrons. The largest absolute Gasteiger partial charge is 0.383 e. The Bertz CT molecular complexity index is 579. The van der Waals surface area contributed by atoms with E-state index in [2.05, 4.69) is 10.3 Å². The third-order valence-electron chi connectivity index (χ3n) is 3.09. The highest BCUT2D eigenvalue weighted by Crippen LogP contribution is 2.31. The fourth-order valence-corrected chi connectivity index (χ4v) is 2.44. The number of nitrogens with one attached hydrogen (secondary N) is 1. The molecule has 0 saturated heterocycles. The lowest BCUT2D eigenvalue weighted by atomic mass is 9.96. The first-order valence-corrected chi connectivity index (χ1v) is 6.63. The zero-order chi connectivity index (χ0) is 14.0. The quantitative estimate of drug-likeness (QED) is 0.910. The van der Waals surface area contributed by atoms with Crippen molar-refractivity contribution in [2.45, 2.75) is 13.0 Å². The number of aryl methyl sites for hydroxylation is 1. The highest BCUT2D eigenvalue weighted by atomic mass is 35.5. The summed E-state index contributed by atoms with van der Waals surface area (Å²) in [7, 11) is 1.87. The lowest BCUT2D eigenvalue weighted by Crippen LogP contribution is -2.20. The van der Waals surface area contributed by atoms with Crippen molar-refractivity contribution in [3.63, 3.8) is 0 Å². The maximum absolute atomic E-state index is 6.08. The van der Waals surface area contributed by atoms with Crippen LogP contribution in [0, 0.1) is 6.92 Å². The second kappa shape index (κ2) is 5.78. The van der Waals surface area contributed by atoms with Gasteiger partial charge in [-0.15, -0.1) is 0 Å². The molecule has 2 rings (SSSR count). The highest BCUT2D eigenvalue weighted by Gasteiger charge is 2.18. The van der Waals surface area contributed by atoms with E-state index in [1.54, 1.807) is 12.3 Å². The zero-order valence-corrected chi connectivity index (χ0v) is 12.3. The van der Waals surface area contributed by atoms with Gasteiger partial charge in [0.25, 0.3) is 0 Å². The number of rotatable bonds is 3. The molecule has 1 heterocycles. The molecule has 100 valence electrons. The van der Waals surface area contributed by atoms with E-state index in [4.69, 9.17) is 28.9 Å². The number of halogens is 2. The maximum atomic E-state index is 6.08. The number of nitrogens with two attached hydrogens (primary N) is 1. The van der Waals surface area contributed by atoms with Gasteiger partial charge < -0.3 is 11.1 Å². The number of nitrogen functional groups attached to an aromatic ring is 1. The molecule has 0 aliphatic carbocycles. The van der Waals surface area contributed by atoms with Crippen LogP contribution in [-0.2, 0) is 0 Å². The van der Waals surface area contributed by atoms with Crippen molar-refractivity contribution < 1.29 is 0 Å². The Kier molecular flexibility index (Phi) is 4.30. The molecule has 19 heavy (non-hydrogen) atoms. The number of aromatic nitrogens is 1. The predicted octanol–water partition coefficient (Wildman–Crippen LogP) is 3.59. The molecule has 3 nitrogen and oxygen atoms in total. The second-order valence-corrected chi connectivity index (χ2v) is 5.14. The molecule has 0 amide bonds. The average Bonchev–Trinajstić information content (AvgIpc) is 2.37. The van der Waals surface area contributed by atoms with Crippen LogP contribution in [0.15, 0.2) is 30.5 Å². The molecular formula is C14H15Cl2N3. The van der Waals surface area contributed by atoms with Gasteiger partial charge in [-0.25, -0.2) is 4.98 Å². The van der Waals surface area contributed by atoms with Crippen LogP contribution in [0.5, 0.6) is 0 Å². The Balaban J connectivity index is 2.53. The zero-order valence-electron chi connectivity index (χ0n) is 10.7. The van der Waals surface area contributed by atoms with Gasteiger partial charge in [-0.1, -0.05) is 29.3 Å². The standard InChI is InChI=1S/C14H15Cl2N3/c1-8-5-6-19-14(17)12(8)13(18-2)9-3-4-10(15)11(16)7-9/h3-7,13,18H,1-2H3,(H2,17,19). The molecule has 0 spiro atoms. The summed E-state index contributed by atoms with van der Waals surface area (Å²) in [5.41, 5.74) is 9.04. The normalized spacial score (nSPS) is 12.4. The molecule has 5 heteroatoms. The second-order valence-electron chi connectivity index (χ2n) is 4.32. The smallest absolute Gasteiger partial charge is 0.128 e. The van der Waals surface area contributed by atoms with E-state index in [0.29, 0.717) is 15.9 Å². The first-order chi connectivity index (χ1) is 9.04. The van der Waals surface area contributed by atoms with Crippen LogP contribution < -0.4 is 11.1 Å². The van der Waals surface area contributed by atoms with Crippen LogP contribution in [0.25, 0.3) is 0 Å². The Morgan fingerprint density at radius 1 is 1.21 bits per heavy atom. The van der Waals surface area contributed by atoms with Crippen molar-refractivity contribution in [3.8, 4) is 0 Å². The molecule has 0 bridgehead atoms. The molecule has 1 unspecified atom stereocenters. The molecule has 2 aromatic rings. The van der Waals surface area contributed by atoms with Gasteiger partial charge in [0.2, 0.25) is 0 Å². The number of benzene rings is 1. The van der Waals surface area contributed by atoms with Crippen molar-refractivity contribution in [1.29, 1.82) is 0 Å². The topological polar surface area (TPSA) is 50.9 Å². The van der Waals surface area contributed by atoms with Gasteiger partial charge in [0.1, 0.15) is 5.82 Å². The van der Waals surface area contributed by atoms with Crippen LogP contribution in [0.4, 0.5) is 5.82 Å². The summed E-state index contributed by atoms with van der Waals surface area (Å²) < 4.78 is 0. The average molecular weight is 296 g/mol. The van der Waals surface area contributed by atoms with Crippen LogP contribution in [0.3, 0.4) is 0 Å². The van der Waals surface area contributed by atoms with E-state index in [1.807, 2.05) is 32.2 Å². The summed E-state index contributed by atoms with van der Waals surface area (Å²) in [4.78, 5) is 4.15. The van der Waals surface area contributed by atoms with Crippen molar-refractivity contribution in [2.75, 3.05) is 12.8 Å². The van der Waals surface area contributed by atoms with E-state index in [0.717, 1.165) is 16.7 Å². The minimum Gasteiger partial charge on any atom is -0.383 e. The number of hydrogen-bond acceptors (Lipinski definition) is 3. The molecular weight excluding hydrogens is 281 g/mol. The molecule has 0 saturated carbocycles. The summed E-state index contributed by atoms with van der Waals surface area (Å²) >= 11 is 12.0. The SMILES string of the molecule is CNC(c1ccc(Cl)c(Cl)c1)c1c(C)ccnc1N. The minimum atomic E-state index is -0.0662. The summed E-state index contributed by atoms with van der Waals surface area (Å²) in [5.74, 6) is 0.519. The van der Waals surface area contributed by atoms with Gasteiger partial charge >= 0.3 is 0 Å². The van der Waals surface area contributed by atoms with Gasteiger partial charge in [0, 0.05) is 11.8 Å². The minimum absolute atomic E-state index is 0.0662. The first-order valence-electron chi connectivity index (χ1n) is 5.87. The molecule has 0 aliphatic heterocycles. The predicted molar refractivity (Wildman–Crippen MR) is 80.8 cm³/mol. The van der Waals surface area contributed by atoms with Crippen molar-refractivity contribution in [2.24, 2.45) is 0 Å². The van der Waals surface area contributed by atoms with Gasteiger partial charge in [-0.3, -0.25) is 0 Å². The summed E-state index contributed by atoms with van der Waals surface area (Å²) in [6.45, 7) is 2.01. The van der Waals surface area contributed by atoms with Gasteiger partial charge in [0.15, 0.2) is 0 Å². The fourth-order valence-electron chi connectivity index (χ4n) is 2.14. The van der Waals surface area contributed by atoms with Crippen molar-refractivity contribution in [1.82, 2.24) is 10.3 Å². The van der Waals surface area contributed by atoms with E-state index < -0.39 is 0 Å². The molecule has 1 aromatic heterocycles. The third-order valence-corrected chi connectivity index (χ3v) is 3.83. The Morgan fingerprint density at radius 3 is 2.53 bits per heavy atom. The Morgan fingerprint density at radius 2 is 1.95 bits per heavy atom. The van der Waals surface area contributed by atoms with Gasteiger partial charge in [-0.2, -0.15) is 0 Å². The van der Waals surface area contributed by atoms with E-state index in [1.165, 1.54) is 0 Å². The van der Waals surface area contributed by atoms with Crippen molar-refractivity contribution in [3.05, 3.63) is 57.2 Å². The third kappa shape index (κ3) is 2.84.